The number of ketones is 1. The minimum Gasteiger partial charge on any atom is -0.445 e. The van der Waals surface area contributed by atoms with E-state index in [1.165, 1.54) is 5.56 Å². The molecule has 0 radical (unpaired) electrons. The number of alkyl carbamates (subject to hydrolysis) is 1. The Morgan fingerprint density at radius 3 is 2.47 bits per heavy atom. The van der Waals surface area contributed by atoms with Crippen LogP contribution < -0.4 is 16.4 Å². The van der Waals surface area contributed by atoms with Crippen LogP contribution in [0.3, 0.4) is 0 Å². The van der Waals surface area contributed by atoms with Crippen molar-refractivity contribution in [3.05, 3.63) is 101 Å². The van der Waals surface area contributed by atoms with Crippen LogP contribution >= 0.6 is 11.3 Å². The van der Waals surface area contributed by atoms with Crippen molar-refractivity contribution in [3.63, 3.8) is 0 Å². The van der Waals surface area contributed by atoms with Crippen LogP contribution in [-0.4, -0.2) is 30.5 Å². The predicted octanol–water partition coefficient (Wildman–Crippen LogP) is 5.70. The van der Waals surface area contributed by atoms with Gasteiger partial charge in [0, 0.05) is 51.6 Å². The van der Waals surface area contributed by atoms with E-state index in [-0.39, 0.29) is 24.9 Å². The molecule has 6 nitrogen and oxygen atoms in total. The summed E-state index contributed by atoms with van der Waals surface area (Å²) in [6.07, 6.45) is 0.638. The number of anilines is 1. The second kappa shape index (κ2) is 10.9. The van der Waals surface area contributed by atoms with E-state index in [1.807, 2.05) is 72.1 Å². The van der Waals surface area contributed by atoms with E-state index in [2.05, 4.69) is 22.8 Å². The number of amides is 1. The number of rotatable bonds is 10. The maximum absolute atomic E-state index is 13.2. The van der Waals surface area contributed by atoms with Gasteiger partial charge in [0.15, 0.2) is 5.78 Å². The van der Waals surface area contributed by atoms with Gasteiger partial charge in [-0.1, -0.05) is 60.7 Å². The van der Waals surface area contributed by atoms with E-state index in [0.717, 1.165) is 27.8 Å². The molecule has 1 fully saturated rings. The van der Waals surface area contributed by atoms with Gasteiger partial charge in [-0.15, -0.1) is 11.3 Å². The summed E-state index contributed by atoms with van der Waals surface area (Å²) < 4.78 is 6.48. The van der Waals surface area contributed by atoms with Crippen LogP contribution in [-0.2, 0) is 11.3 Å². The molecular weight excluding hydrogens is 470 g/mol. The molecule has 1 aromatic heterocycles. The maximum atomic E-state index is 13.2. The van der Waals surface area contributed by atoms with Crippen molar-refractivity contribution >= 4 is 39.0 Å². The standard InChI is InChI=1S/C29H29N3O3S/c30-26-15-24(26)20-10-12-21(13-11-20)31-16-22(32-29(34)35-17-19-6-2-1-3-7-19)14-27(33)25-18-36-28-9-5-4-8-23(25)28/h1-13,18,22,24,26,31H,14-17,30H2,(H,32,34). The van der Waals surface area contributed by atoms with Crippen molar-refractivity contribution in [3.8, 4) is 0 Å². The van der Waals surface area contributed by atoms with Gasteiger partial charge in [-0.2, -0.15) is 0 Å². The number of benzene rings is 3. The summed E-state index contributed by atoms with van der Waals surface area (Å²) in [5.74, 6) is 0.437. The Balaban J connectivity index is 1.24. The molecule has 7 heteroatoms. The van der Waals surface area contributed by atoms with Crippen LogP contribution in [0, 0.1) is 0 Å². The van der Waals surface area contributed by atoms with E-state index >= 15 is 0 Å². The van der Waals surface area contributed by atoms with Gasteiger partial charge in [0.05, 0.1) is 6.04 Å². The normalized spacial score (nSPS) is 17.4. The van der Waals surface area contributed by atoms with Gasteiger partial charge in [-0.3, -0.25) is 4.79 Å². The van der Waals surface area contributed by atoms with Crippen LogP contribution in [0.2, 0.25) is 0 Å². The number of hydrogen-bond acceptors (Lipinski definition) is 6. The summed E-state index contributed by atoms with van der Waals surface area (Å²) in [6, 6.07) is 25.4. The molecule has 184 valence electrons. The lowest BCUT2D eigenvalue weighted by Gasteiger charge is -2.19. The highest BCUT2D eigenvalue weighted by atomic mass is 32.1. The third kappa shape index (κ3) is 5.93. The second-order valence-electron chi connectivity index (χ2n) is 9.18. The number of Topliss-reactive ketones (excluding diaryl/α,β-unsaturated/α-hetero) is 1. The molecule has 1 saturated carbocycles. The summed E-state index contributed by atoms with van der Waals surface area (Å²) in [5.41, 5.74) is 9.72. The average Bonchev–Trinajstić information content (AvgIpc) is 3.47. The van der Waals surface area contributed by atoms with Crippen molar-refractivity contribution in [1.29, 1.82) is 0 Å². The number of carbonyl (C=O) groups excluding carboxylic acids is 2. The lowest BCUT2D eigenvalue weighted by molar-refractivity contribution is 0.0967. The molecule has 1 aliphatic rings. The lowest BCUT2D eigenvalue weighted by Crippen LogP contribution is -2.41. The largest absolute Gasteiger partial charge is 0.445 e. The number of carbonyl (C=O) groups is 2. The van der Waals surface area contributed by atoms with Gasteiger partial charge in [0.2, 0.25) is 0 Å². The monoisotopic (exact) mass is 499 g/mol. The van der Waals surface area contributed by atoms with Crippen LogP contribution in [0.5, 0.6) is 0 Å². The van der Waals surface area contributed by atoms with Crippen molar-refractivity contribution in [1.82, 2.24) is 5.32 Å². The van der Waals surface area contributed by atoms with Crippen molar-refractivity contribution in [2.75, 3.05) is 11.9 Å². The Morgan fingerprint density at radius 1 is 1.00 bits per heavy atom. The molecule has 36 heavy (non-hydrogen) atoms. The van der Waals surface area contributed by atoms with E-state index in [9.17, 15) is 9.59 Å². The molecule has 5 rings (SSSR count). The van der Waals surface area contributed by atoms with Gasteiger partial charge >= 0.3 is 6.09 Å². The quantitative estimate of drug-likeness (QED) is 0.244. The van der Waals surface area contributed by atoms with Crippen LogP contribution in [0.4, 0.5) is 10.5 Å². The first-order valence-corrected chi connectivity index (χ1v) is 13.0. The SMILES string of the molecule is NC1CC1c1ccc(NCC(CC(=O)c2csc3ccccc23)NC(=O)OCc2ccccc2)cc1. The van der Waals surface area contributed by atoms with Gasteiger partial charge < -0.3 is 21.1 Å². The molecule has 3 aromatic carbocycles. The van der Waals surface area contributed by atoms with Crippen molar-refractivity contribution in [2.45, 2.75) is 37.5 Å². The third-order valence-corrected chi connectivity index (χ3v) is 7.44. The Hall–Kier alpha value is -3.68. The third-order valence-electron chi connectivity index (χ3n) is 6.48. The zero-order valence-corrected chi connectivity index (χ0v) is 20.7. The van der Waals surface area contributed by atoms with Gasteiger partial charge in [0.1, 0.15) is 6.61 Å². The summed E-state index contributed by atoms with van der Waals surface area (Å²) >= 11 is 1.55. The topological polar surface area (TPSA) is 93.5 Å². The Kier molecular flexibility index (Phi) is 7.30. The number of fused-ring (bicyclic) bond motifs is 1. The smallest absolute Gasteiger partial charge is 0.407 e. The summed E-state index contributed by atoms with van der Waals surface area (Å²) in [4.78, 5) is 25.8. The first kappa shape index (κ1) is 24.0. The van der Waals surface area contributed by atoms with E-state index < -0.39 is 12.1 Å². The van der Waals surface area contributed by atoms with Gasteiger partial charge in [0.25, 0.3) is 0 Å². The molecule has 0 saturated heterocycles. The minimum atomic E-state index is -0.549. The molecule has 0 bridgehead atoms. The fourth-order valence-corrected chi connectivity index (χ4v) is 5.29. The molecule has 1 amide bonds. The first-order chi connectivity index (χ1) is 17.6. The van der Waals surface area contributed by atoms with Crippen molar-refractivity contribution in [2.24, 2.45) is 5.73 Å². The number of nitrogens with two attached hydrogens (primary N) is 1. The molecule has 4 aromatic rings. The molecule has 1 heterocycles. The predicted molar refractivity (Wildman–Crippen MR) is 145 cm³/mol. The number of nitrogens with one attached hydrogen (secondary N) is 2. The summed E-state index contributed by atoms with van der Waals surface area (Å²) in [6.45, 7) is 0.553. The maximum Gasteiger partial charge on any atom is 0.407 e. The molecule has 4 N–H and O–H groups in total. The fourth-order valence-electron chi connectivity index (χ4n) is 4.32. The summed E-state index contributed by atoms with van der Waals surface area (Å²) in [7, 11) is 0. The van der Waals surface area contributed by atoms with Crippen LogP contribution in [0.25, 0.3) is 10.1 Å². The number of thiophene rings is 1. The van der Waals surface area contributed by atoms with Crippen LogP contribution in [0.15, 0.2) is 84.2 Å². The first-order valence-electron chi connectivity index (χ1n) is 12.1. The highest BCUT2D eigenvalue weighted by Gasteiger charge is 2.34. The molecule has 0 aliphatic heterocycles. The number of hydrogen-bond donors (Lipinski definition) is 3. The average molecular weight is 500 g/mol. The molecular formula is C29H29N3O3S. The minimum absolute atomic E-state index is 0.0133. The molecule has 3 unspecified atom stereocenters. The van der Waals surface area contributed by atoms with Gasteiger partial charge in [-0.25, -0.2) is 4.79 Å². The second-order valence-corrected chi connectivity index (χ2v) is 10.1. The van der Waals surface area contributed by atoms with Gasteiger partial charge in [-0.05, 0) is 35.7 Å². The zero-order valence-electron chi connectivity index (χ0n) is 19.9. The van der Waals surface area contributed by atoms with Crippen LogP contribution in [0.1, 0.15) is 40.2 Å². The van der Waals surface area contributed by atoms with Crippen molar-refractivity contribution < 1.29 is 14.3 Å². The summed E-state index contributed by atoms with van der Waals surface area (Å²) in [5, 5.41) is 9.08. The fraction of sp³-hybridized carbons (Fsp3) is 0.241. The van der Waals surface area contributed by atoms with E-state index in [4.69, 9.17) is 10.5 Å². The zero-order chi connectivity index (χ0) is 24.9. The Labute approximate surface area is 214 Å². The Morgan fingerprint density at radius 2 is 1.72 bits per heavy atom. The Bertz CT molecular complexity index is 1340. The highest BCUT2D eigenvalue weighted by molar-refractivity contribution is 7.17. The number of ether oxygens (including phenoxy) is 1. The van der Waals surface area contributed by atoms with E-state index in [0.29, 0.717) is 18.0 Å². The van der Waals surface area contributed by atoms with E-state index in [1.54, 1.807) is 11.3 Å². The lowest BCUT2D eigenvalue weighted by atomic mass is 10.0. The molecule has 3 atom stereocenters. The molecule has 0 spiro atoms. The molecule has 1 aliphatic carbocycles. The highest BCUT2D eigenvalue weighted by Crippen LogP contribution is 2.39.